The zero-order chi connectivity index (χ0) is 22.1. The maximum absolute atomic E-state index is 12.6. The number of hydrogen-bond acceptors (Lipinski definition) is 4. The van der Waals surface area contributed by atoms with Gasteiger partial charge in [-0.05, 0) is 54.7 Å². The predicted octanol–water partition coefficient (Wildman–Crippen LogP) is 3.95. The number of methoxy groups -OCH3 is 1. The van der Waals surface area contributed by atoms with Gasteiger partial charge in [-0.25, -0.2) is 0 Å². The third kappa shape index (κ3) is 7.28. The summed E-state index contributed by atoms with van der Waals surface area (Å²) in [6, 6.07) is 13.6. The topological polar surface area (TPSA) is 70.7 Å². The summed E-state index contributed by atoms with van der Waals surface area (Å²) in [5.41, 5.74) is 4.92. The molecule has 0 unspecified atom stereocenters. The zero-order valence-corrected chi connectivity index (χ0v) is 18.6. The summed E-state index contributed by atoms with van der Waals surface area (Å²) in [7, 11) is 1.60. The van der Waals surface area contributed by atoms with E-state index in [-0.39, 0.29) is 24.9 Å². The first kappa shape index (κ1) is 23.6. The number of hydrogen-bond donors (Lipinski definition) is 2. The van der Waals surface area contributed by atoms with Crippen LogP contribution in [0.5, 0.6) is 0 Å². The molecular formula is C24H33N3O3. The van der Waals surface area contributed by atoms with E-state index in [0.717, 1.165) is 22.5 Å². The summed E-state index contributed by atoms with van der Waals surface area (Å²) in [6.45, 7) is 9.38. The van der Waals surface area contributed by atoms with Crippen molar-refractivity contribution in [3.63, 3.8) is 0 Å². The second-order valence-corrected chi connectivity index (χ2v) is 7.82. The van der Waals surface area contributed by atoms with Crippen molar-refractivity contribution in [1.29, 1.82) is 0 Å². The van der Waals surface area contributed by atoms with Gasteiger partial charge in [-0.2, -0.15) is 0 Å². The minimum atomic E-state index is -0.164. The van der Waals surface area contributed by atoms with Crippen molar-refractivity contribution in [2.45, 2.75) is 33.6 Å². The minimum absolute atomic E-state index is 0.107. The number of carbonyl (C=O) groups excluding carboxylic acids is 2. The van der Waals surface area contributed by atoms with Gasteiger partial charge in [-0.3, -0.25) is 14.5 Å². The van der Waals surface area contributed by atoms with Crippen molar-refractivity contribution in [1.82, 2.24) is 4.90 Å². The molecule has 0 fully saturated rings. The molecule has 0 bridgehead atoms. The summed E-state index contributed by atoms with van der Waals surface area (Å²) >= 11 is 0. The lowest BCUT2D eigenvalue weighted by Crippen LogP contribution is -2.40. The molecule has 0 aliphatic heterocycles. The molecule has 2 amide bonds. The quantitative estimate of drug-likeness (QED) is 0.621. The SMILES string of the molecule is COCCN(CC(=O)Nc1ccc(C(C)C)cc1)CC(=O)Nc1cccc(C)c1C. The Labute approximate surface area is 179 Å². The van der Waals surface area contributed by atoms with Crippen LogP contribution in [0.15, 0.2) is 42.5 Å². The Balaban J connectivity index is 1.96. The second kappa shape index (κ2) is 11.5. The van der Waals surface area contributed by atoms with Crippen molar-refractivity contribution in [2.75, 3.05) is 44.0 Å². The molecule has 0 atom stereocenters. The van der Waals surface area contributed by atoms with Gasteiger partial charge >= 0.3 is 0 Å². The van der Waals surface area contributed by atoms with Crippen LogP contribution in [0, 0.1) is 13.8 Å². The van der Waals surface area contributed by atoms with Crippen molar-refractivity contribution in [3.8, 4) is 0 Å². The molecule has 2 rings (SSSR count). The number of benzene rings is 2. The summed E-state index contributed by atoms with van der Waals surface area (Å²) in [6.07, 6.45) is 0. The van der Waals surface area contributed by atoms with Gasteiger partial charge in [0, 0.05) is 25.0 Å². The smallest absolute Gasteiger partial charge is 0.238 e. The van der Waals surface area contributed by atoms with Gasteiger partial charge in [0.15, 0.2) is 0 Å². The fourth-order valence-corrected chi connectivity index (χ4v) is 3.07. The van der Waals surface area contributed by atoms with Crippen molar-refractivity contribution >= 4 is 23.2 Å². The minimum Gasteiger partial charge on any atom is -0.383 e. The van der Waals surface area contributed by atoms with Crippen LogP contribution in [0.1, 0.15) is 36.5 Å². The Morgan fingerprint density at radius 3 is 2.20 bits per heavy atom. The average molecular weight is 412 g/mol. The summed E-state index contributed by atoms with van der Waals surface area (Å²) < 4.78 is 5.14. The molecular weight excluding hydrogens is 378 g/mol. The Morgan fingerprint density at radius 2 is 1.60 bits per heavy atom. The highest BCUT2D eigenvalue weighted by Gasteiger charge is 2.16. The number of ether oxygens (including phenoxy) is 1. The van der Waals surface area contributed by atoms with E-state index in [9.17, 15) is 9.59 Å². The second-order valence-electron chi connectivity index (χ2n) is 7.82. The van der Waals surface area contributed by atoms with Gasteiger partial charge in [0.2, 0.25) is 11.8 Å². The summed E-state index contributed by atoms with van der Waals surface area (Å²) in [4.78, 5) is 26.9. The first-order valence-corrected chi connectivity index (χ1v) is 10.3. The molecule has 0 spiro atoms. The number of rotatable bonds is 10. The molecule has 0 radical (unpaired) electrons. The number of carbonyl (C=O) groups is 2. The van der Waals surface area contributed by atoms with Crippen LogP contribution >= 0.6 is 0 Å². The fraction of sp³-hybridized carbons (Fsp3) is 0.417. The van der Waals surface area contributed by atoms with Crippen LogP contribution in [0.3, 0.4) is 0 Å². The average Bonchev–Trinajstić information content (AvgIpc) is 2.70. The lowest BCUT2D eigenvalue weighted by Gasteiger charge is -2.21. The van der Waals surface area contributed by atoms with E-state index in [1.807, 2.05) is 56.3 Å². The highest BCUT2D eigenvalue weighted by molar-refractivity contribution is 5.95. The number of amides is 2. The Hall–Kier alpha value is -2.70. The molecule has 2 N–H and O–H groups in total. The van der Waals surface area contributed by atoms with E-state index >= 15 is 0 Å². The third-order valence-electron chi connectivity index (χ3n) is 5.09. The van der Waals surface area contributed by atoms with E-state index in [1.165, 1.54) is 5.56 Å². The number of nitrogens with zero attached hydrogens (tertiary/aromatic N) is 1. The first-order chi connectivity index (χ1) is 14.3. The van der Waals surface area contributed by atoms with Gasteiger partial charge in [-0.1, -0.05) is 38.1 Å². The van der Waals surface area contributed by atoms with Gasteiger partial charge in [0.05, 0.1) is 19.7 Å². The van der Waals surface area contributed by atoms with Crippen LogP contribution in [0.25, 0.3) is 0 Å². The van der Waals surface area contributed by atoms with E-state index in [1.54, 1.807) is 12.0 Å². The fourth-order valence-electron chi connectivity index (χ4n) is 3.07. The number of anilines is 2. The maximum Gasteiger partial charge on any atom is 0.238 e. The van der Waals surface area contributed by atoms with Gasteiger partial charge in [0.1, 0.15) is 0 Å². The van der Waals surface area contributed by atoms with Crippen molar-refractivity contribution < 1.29 is 14.3 Å². The Kier molecular flexibility index (Phi) is 9.02. The van der Waals surface area contributed by atoms with Crippen molar-refractivity contribution in [3.05, 3.63) is 59.2 Å². The monoisotopic (exact) mass is 411 g/mol. The number of aryl methyl sites for hydroxylation is 1. The van der Waals surface area contributed by atoms with Crippen LogP contribution < -0.4 is 10.6 Å². The van der Waals surface area contributed by atoms with E-state index in [2.05, 4.69) is 24.5 Å². The van der Waals surface area contributed by atoms with Gasteiger partial charge in [0.25, 0.3) is 0 Å². The molecule has 0 aromatic heterocycles. The predicted molar refractivity (Wildman–Crippen MR) is 122 cm³/mol. The molecule has 6 heteroatoms. The summed E-state index contributed by atoms with van der Waals surface area (Å²) in [5.74, 6) is 0.117. The van der Waals surface area contributed by atoms with E-state index in [4.69, 9.17) is 4.74 Å². The first-order valence-electron chi connectivity index (χ1n) is 10.3. The molecule has 6 nitrogen and oxygen atoms in total. The Morgan fingerprint density at radius 1 is 0.967 bits per heavy atom. The van der Waals surface area contributed by atoms with Crippen LogP contribution in [0.2, 0.25) is 0 Å². The Bertz CT molecular complexity index is 847. The van der Waals surface area contributed by atoms with Crippen LogP contribution in [-0.4, -0.2) is 50.1 Å². The van der Waals surface area contributed by atoms with Gasteiger partial charge in [-0.15, -0.1) is 0 Å². The van der Waals surface area contributed by atoms with Crippen LogP contribution in [-0.2, 0) is 14.3 Å². The third-order valence-corrected chi connectivity index (χ3v) is 5.09. The lowest BCUT2D eigenvalue weighted by molar-refractivity contribution is -0.120. The molecule has 0 saturated carbocycles. The molecule has 0 aliphatic rings. The van der Waals surface area contributed by atoms with Crippen LogP contribution in [0.4, 0.5) is 11.4 Å². The zero-order valence-electron chi connectivity index (χ0n) is 18.6. The molecule has 0 heterocycles. The normalized spacial score (nSPS) is 11.0. The molecule has 2 aromatic rings. The molecule has 0 saturated heterocycles. The summed E-state index contributed by atoms with van der Waals surface area (Å²) in [5, 5.41) is 5.85. The standard InChI is InChI=1S/C24H33N3O3/c1-17(2)20-9-11-21(12-10-20)25-23(28)15-27(13-14-30-5)16-24(29)26-22-8-6-7-18(3)19(22)4/h6-12,17H,13-16H2,1-5H3,(H,25,28)(H,26,29). The highest BCUT2D eigenvalue weighted by Crippen LogP contribution is 2.18. The van der Waals surface area contributed by atoms with E-state index in [0.29, 0.717) is 19.1 Å². The largest absolute Gasteiger partial charge is 0.383 e. The number of nitrogens with one attached hydrogen (secondary N) is 2. The highest BCUT2D eigenvalue weighted by atomic mass is 16.5. The van der Waals surface area contributed by atoms with Crippen molar-refractivity contribution in [2.24, 2.45) is 0 Å². The molecule has 0 aliphatic carbocycles. The van der Waals surface area contributed by atoms with Gasteiger partial charge < -0.3 is 15.4 Å². The maximum atomic E-state index is 12.6. The molecule has 162 valence electrons. The van der Waals surface area contributed by atoms with E-state index < -0.39 is 0 Å². The molecule has 2 aromatic carbocycles. The lowest BCUT2D eigenvalue weighted by atomic mass is 10.0. The molecule has 30 heavy (non-hydrogen) atoms.